The Morgan fingerprint density at radius 3 is 2.45 bits per heavy atom. The minimum absolute atomic E-state index is 0.0190. The van der Waals surface area contributed by atoms with E-state index in [0.717, 1.165) is 35.0 Å². The summed E-state index contributed by atoms with van der Waals surface area (Å²) in [7, 11) is 1.55. The number of carbonyl (C=O) groups excluding carboxylic acids is 3. The first-order valence-electron chi connectivity index (χ1n) is 12.2. The summed E-state index contributed by atoms with van der Waals surface area (Å²) in [6.07, 6.45) is 0.338. The van der Waals surface area contributed by atoms with Crippen molar-refractivity contribution in [1.82, 2.24) is 10.6 Å². The van der Waals surface area contributed by atoms with Crippen molar-refractivity contribution in [2.24, 2.45) is 5.73 Å². The number of anilines is 1. The highest BCUT2D eigenvalue weighted by Crippen LogP contribution is 2.28. The number of thioether (sulfide) groups is 1. The molecule has 1 aromatic rings. The number of methoxy groups -OCH3 is 1. The number of rotatable bonds is 17. The lowest BCUT2D eigenvalue weighted by atomic mass is 10.0. The molecule has 12 nitrogen and oxygen atoms in total. The van der Waals surface area contributed by atoms with E-state index in [4.69, 9.17) is 20.7 Å². The van der Waals surface area contributed by atoms with Crippen LogP contribution in [0, 0.1) is 6.92 Å². The second kappa shape index (κ2) is 16.6. The van der Waals surface area contributed by atoms with Gasteiger partial charge in [0.15, 0.2) is 0 Å². The van der Waals surface area contributed by atoms with Crippen LogP contribution in [0.4, 0.5) is 5.69 Å². The summed E-state index contributed by atoms with van der Waals surface area (Å²) in [6.45, 7) is 5.47. The van der Waals surface area contributed by atoms with Gasteiger partial charge >= 0.3 is 11.9 Å². The van der Waals surface area contributed by atoms with E-state index >= 15 is 0 Å². The van der Waals surface area contributed by atoms with Crippen LogP contribution in [0.15, 0.2) is 18.2 Å². The zero-order valence-corrected chi connectivity index (χ0v) is 23.0. The molecule has 3 amide bonds. The molecule has 0 bridgehead atoms. The summed E-state index contributed by atoms with van der Waals surface area (Å²) in [5.74, 6) is -4.12. The summed E-state index contributed by atoms with van der Waals surface area (Å²) in [5, 5.41) is 22.4. The third-order valence-corrected chi connectivity index (χ3v) is 6.66. The first-order chi connectivity index (χ1) is 17.9. The van der Waals surface area contributed by atoms with Gasteiger partial charge in [-0.25, -0.2) is 0 Å². The van der Waals surface area contributed by atoms with Crippen molar-refractivity contribution >= 4 is 47.1 Å². The number of aliphatic carboxylic acids is 2. The monoisotopic (exact) mass is 554 g/mol. The lowest BCUT2D eigenvalue weighted by molar-refractivity contribution is -0.139. The molecule has 0 aliphatic heterocycles. The number of para-hydroxylation sites is 1. The van der Waals surface area contributed by atoms with E-state index < -0.39 is 42.4 Å². The molecule has 0 heterocycles. The number of carboxylic acids is 2. The van der Waals surface area contributed by atoms with Gasteiger partial charge in [-0.2, -0.15) is 0 Å². The predicted molar refractivity (Wildman–Crippen MR) is 144 cm³/mol. The van der Waals surface area contributed by atoms with Gasteiger partial charge in [-0.1, -0.05) is 25.1 Å². The number of hydrogen-bond donors (Lipinski definition) is 5. The van der Waals surface area contributed by atoms with E-state index in [-0.39, 0.29) is 36.3 Å². The molecule has 0 saturated carbocycles. The molecule has 0 aliphatic carbocycles. The number of hydrogen-bond acceptors (Lipinski definition) is 8. The maximum atomic E-state index is 13.4. The van der Waals surface area contributed by atoms with Gasteiger partial charge in [0.2, 0.25) is 17.7 Å². The van der Waals surface area contributed by atoms with Crippen molar-refractivity contribution < 1.29 is 38.9 Å². The van der Waals surface area contributed by atoms with Crippen LogP contribution in [0.3, 0.4) is 0 Å². The van der Waals surface area contributed by atoms with Gasteiger partial charge in [-0.15, -0.1) is 11.8 Å². The first kappa shape index (κ1) is 32.9. The zero-order valence-electron chi connectivity index (χ0n) is 22.2. The average Bonchev–Trinajstić information content (AvgIpc) is 2.86. The number of amides is 3. The summed E-state index contributed by atoms with van der Waals surface area (Å²) in [4.78, 5) is 61.7. The molecular weight excluding hydrogens is 516 g/mol. The number of carboxylic acid groups (broad SMARTS) is 2. The Labute approximate surface area is 226 Å². The van der Waals surface area contributed by atoms with Crippen LogP contribution in [0.25, 0.3) is 0 Å². The molecule has 3 atom stereocenters. The third kappa shape index (κ3) is 10.7. The number of nitrogens with two attached hydrogens (primary N) is 1. The van der Waals surface area contributed by atoms with Gasteiger partial charge in [0.1, 0.15) is 18.6 Å². The molecule has 13 heteroatoms. The molecule has 212 valence electrons. The summed E-state index contributed by atoms with van der Waals surface area (Å²) >= 11 is 1.11. The fourth-order valence-electron chi connectivity index (χ4n) is 3.74. The fourth-order valence-corrected chi connectivity index (χ4v) is 4.64. The van der Waals surface area contributed by atoms with Crippen LogP contribution >= 0.6 is 11.8 Å². The molecule has 0 saturated heterocycles. The topological polar surface area (TPSA) is 188 Å². The molecular formula is C25H38N4O8S. The lowest BCUT2D eigenvalue weighted by Gasteiger charge is -2.32. The predicted octanol–water partition coefficient (Wildman–Crippen LogP) is 0.536. The van der Waals surface area contributed by atoms with Crippen LogP contribution in [-0.2, 0) is 35.1 Å². The average molecular weight is 555 g/mol. The van der Waals surface area contributed by atoms with Crippen LogP contribution in [0.1, 0.15) is 37.8 Å². The number of benzene rings is 1. The maximum absolute atomic E-state index is 13.4. The maximum Gasteiger partial charge on any atom is 0.322 e. The van der Waals surface area contributed by atoms with Crippen LogP contribution in [0.2, 0.25) is 0 Å². The summed E-state index contributed by atoms with van der Waals surface area (Å²) in [5.41, 5.74) is 8.17. The normalized spacial score (nSPS) is 13.2. The van der Waals surface area contributed by atoms with Gasteiger partial charge < -0.3 is 36.2 Å². The molecule has 0 aliphatic rings. The van der Waals surface area contributed by atoms with E-state index in [0.29, 0.717) is 6.61 Å². The van der Waals surface area contributed by atoms with Crippen LogP contribution in [0.5, 0.6) is 0 Å². The molecule has 0 aromatic heterocycles. The standard InChI is InChI=1S/C25H38N4O8S/c1-5-17-8-6-7-15(2)23(17)29(16(3)12-37-4)21(31)14-38-13-19(24(34)27-11-22(32)33)28-20(30)10-9-18(26)25(35)36/h6-8,16,18-19H,5,9-14,26H2,1-4H3,(H,27,34)(H,28,30)(H,32,33)(H,35,36)/t16?,18-,19-/m0/s1. The molecule has 1 aromatic carbocycles. The molecule has 1 unspecified atom stereocenters. The Bertz CT molecular complexity index is 990. The van der Waals surface area contributed by atoms with Gasteiger partial charge in [0.25, 0.3) is 0 Å². The van der Waals surface area contributed by atoms with Crippen molar-refractivity contribution in [2.45, 2.75) is 58.2 Å². The minimum Gasteiger partial charge on any atom is -0.480 e. The largest absolute Gasteiger partial charge is 0.480 e. The van der Waals surface area contributed by atoms with Gasteiger partial charge in [0, 0.05) is 19.3 Å². The highest BCUT2D eigenvalue weighted by molar-refractivity contribution is 8.00. The third-order valence-electron chi connectivity index (χ3n) is 5.64. The molecule has 0 radical (unpaired) electrons. The molecule has 6 N–H and O–H groups in total. The van der Waals surface area contributed by atoms with E-state index in [9.17, 15) is 24.0 Å². The summed E-state index contributed by atoms with van der Waals surface area (Å²) in [6, 6.07) is 3.17. The van der Waals surface area contributed by atoms with Crippen molar-refractivity contribution in [3.63, 3.8) is 0 Å². The second-order valence-electron chi connectivity index (χ2n) is 8.73. The highest BCUT2D eigenvalue weighted by atomic mass is 32.2. The molecule has 0 fully saturated rings. The minimum atomic E-state index is -1.26. The number of aryl methyl sites for hydroxylation is 2. The van der Waals surface area contributed by atoms with E-state index in [1.165, 1.54) is 0 Å². The lowest BCUT2D eigenvalue weighted by Crippen LogP contribution is -2.50. The highest BCUT2D eigenvalue weighted by Gasteiger charge is 2.27. The van der Waals surface area contributed by atoms with E-state index in [2.05, 4.69) is 10.6 Å². The van der Waals surface area contributed by atoms with E-state index in [1.54, 1.807) is 12.0 Å². The Morgan fingerprint density at radius 2 is 1.87 bits per heavy atom. The Morgan fingerprint density at radius 1 is 1.18 bits per heavy atom. The zero-order chi connectivity index (χ0) is 28.8. The van der Waals surface area contributed by atoms with Crippen molar-refractivity contribution in [1.29, 1.82) is 0 Å². The van der Waals surface area contributed by atoms with Crippen molar-refractivity contribution in [3.8, 4) is 0 Å². The van der Waals surface area contributed by atoms with Crippen molar-refractivity contribution in [3.05, 3.63) is 29.3 Å². The fraction of sp³-hybridized carbons (Fsp3) is 0.560. The first-order valence-corrected chi connectivity index (χ1v) is 13.3. The number of carbonyl (C=O) groups is 5. The Kier molecular flexibility index (Phi) is 14.4. The van der Waals surface area contributed by atoms with Gasteiger partial charge in [-0.3, -0.25) is 24.0 Å². The van der Waals surface area contributed by atoms with Crippen LogP contribution < -0.4 is 21.3 Å². The quantitative estimate of drug-likeness (QED) is 0.182. The Balaban J connectivity index is 2.99. The number of nitrogens with zero attached hydrogens (tertiary/aromatic N) is 1. The van der Waals surface area contributed by atoms with Crippen LogP contribution in [-0.4, -0.2) is 89.8 Å². The van der Waals surface area contributed by atoms with Crippen molar-refractivity contribution in [2.75, 3.05) is 36.7 Å². The smallest absolute Gasteiger partial charge is 0.322 e. The van der Waals surface area contributed by atoms with E-state index in [1.807, 2.05) is 39.0 Å². The number of nitrogens with one attached hydrogen (secondary N) is 2. The Hall–Kier alpha value is -3.16. The summed E-state index contributed by atoms with van der Waals surface area (Å²) < 4.78 is 5.29. The molecule has 0 spiro atoms. The molecule has 1 rings (SSSR count). The van der Waals surface area contributed by atoms with Gasteiger partial charge in [0.05, 0.1) is 24.1 Å². The second-order valence-corrected chi connectivity index (χ2v) is 9.76. The number of ether oxygens (including phenoxy) is 1. The van der Waals surface area contributed by atoms with Gasteiger partial charge in [-0.05, 0) is 37.8 Å². The SMILES string of the molecule is CCc1cccc(C)c1N(C(=O)CSC[C@H](NC(=O)CC[C@H](N)C(=O)O)C(=O)NCC(=O)O)C(C)COC. The molecule has 38 heavy (non-hydrogen) atoms.